The highest BCUT2D eigenvalue weighted by Gasteiger charge is 2.17. The van der Waals surface area contributed by atoms with Gasteiger partial charge in [0.2, 0.25) is 0 Å². The highest BCUT2D eigenvalue weighted by Crippen LogP contribution is 2.01. The van der Waals surface area contributed by atoms with Crippen molar-refractivity contribution in [1.82, 2.24) is 10.2 Å². The van der Waals surface area contributed by atoms with Gasteiger partial charge in [0.1, 0.15) is 6.61 Å². The standard InChI is InChI=1S/C7H13N3O.ClH/c1-4-10(5-2-8-1)7-9-3-6-11-7;/h8H,1-6H2;1H. The molecule has 2 aliphatic rings. The first-order chi connectivity index (χ1) is 5.47. The molecule has 2 rings (SSSR count). The summed E-state index contributed by atoms with van der Waals surface area (Å²) in [5.41, 5.74) is 0. The van der Waals surface area contributed by atoms with Crippen molar-refractivity contribution in [2.24, 2.45) is 4.99 Å². The molecule has 1 N–H and O–H groups in total. The predicted molar refractivity (Wildman–Crippen MR) is 49.9 cm³/mol. The van der Waals surface area contributed by atoms with Gasteiger partial charge in [0.15, 0.2) is 0 Å². The molecule has 0 bridgehead atoms. The maximum Gasteiger partial charge on any atom is 0.287 e. The van der Waals surface area contributed by atoms with Crippen molar-refractivity contribution < 1.29 is 4.74 Å². The van der Waals surface area contributed by atoms with Gasteiger partial charge < -0.3 is 15.0 Å². The Hall–Kier alpha value is -0.480. The van der Waals surface area contributed by atoms with E-state index in [1.165, 1.54) is 0 Å². The molecule has 0 atom stereocenters. The van der Waals surface area contributed by atoms with Gasteiger partial charge in [0, 0.05) is 26.2 Å². The van der Waals surface area contributed by atoms with E-state index in [9.17, 15) is 0 Å². The third-order valence-electron chi connectivity index (χ3n) is 1.96. The lowest BCUT2D eigenvalue weighted by Crippen LogP contribution is -2.46. The number of nitrogens with one attached hydrogen (secondary N) is 1. The number of aliphatic imine (C=N–C) groups is 1. The van der Waals surface area contributed by atoms with Crippen LogP contribution in [0, 0.1) is 0 Å². The van der Waals surface area contributed by atoms with Crippen LogP contribution < -0.4 is 5.32 Å². The van der Waals surface area contributed by atoms with Gasteiger partial charge in [-0.05, 0) is 0 Å². The first-order valence-electron chi connectivity index (χ1n) is 4.10. The molecule has 0 amide bonds. The fraction of sp³-hybridized carbons (Fsp3) is 0.857. The summed E-state index contributed by atoms with van der Waals surface area (Å²) in [6.07, 6.45) is 0. The average molecular weight is 192 g/mol. The molecule has 0 radical (unpaired) electrons. The van der Waals surface area contributed by atoms with Gasteiger partial charge in [0.25, 0.3) is 6.02 Å². The van der Waals surface area contributed by atoms with E-state index in [4.69, 9.17) is 4.74 Å². The summed E-state index contributed by atoms with van der Waals surface area (Å²) in [7, 11) is 0. The number of rotatable bonds is 0. The molecule has 0 spiro atoms. The van der Waals surface area contributed by atoms with Gasteiger partial charge >= 0.3 is 0 Å². The van der Waals surface area contributed by atoms with E-state index in [1.54, 1.807) is 0 Å². The van der Waals surface area contributed by atoms with Crippen LogP contribution in [0.15, 0.2) is 4.99 Å². The van der Waals surface area contributed by atoms with Gasteiger partial charge in [-0.2, -0.15) is 0 Å². The summed E-state index contributed by atoms with van der Waals surface area (Å²) >= 11 is 0. The molecule has 12 heavy (non-hydrogen) atoms. The Morgan fingerprint density at radius 1 is 1.33 bits per heavy atom. The van der Waals surface area contributed by atoms with E-state index in [2.05, 4.69) is 15.2 Å². The molecule has 2 heterocycles. The lowest BCUT2D eigenvalue weighted by Gasteiger charge is -2.27. The Morgan fingerprint density at radius 2 is 2.08 bits per heavy atom. The van der Waals surface area contributed by atoms with Gasteiger partial charge in [-0.25, -0.2) is 4.99 Å². The lowest BCUT2D eigenvalue weighted by molar-refractivity contribution is 0.246. The Balaban J connectivity index is 0.000000720. The number of hydrogen-bond acceptors (Lipinski definition) is 4. The second kappa shape index (κ2) is 4.52. The van der Waals surface area contributed by atoms with E-state index < -0.39 is 0 Å². The molecule has 5 heteroatoms. The molecule has 0 unspecified atom stereocenters. The van der Waals surface area contributed by atoms with Crippen molar-refractivity contribution in [2.75, 3.05) is 39.3 Å². The highest BCUT2D eigenvalue weighted by molar-refractivity contribution is 5.85. The minimum absolute atomic E-state index is 0. The normalized spacial score (nSPS) is 22.7. The van der Waals surface area contributed by atoms with Crippen molar-refractivity contribution in [3.05, 3.63) is 0 Å². The van der Waals surface area contributed by atoms with E-state index in [-0.39, 0.29) is 12.4 Å². The fourth-order valence-corrected chi connectivity index (χ4v) is 1.37. The zero-order valence-electron chi connectivity index (χ0n) is 6.95. The molecule has 0 aromatic rings. The average Bonchev–Trinajstić information content (AvgIpc) is 2.58. The van der Waals surface area contributed by atoms with E-state index >= 15 is 0 Å². The van der Waals surface area contributed by atoms with Crippen molar-refractivity contribution in [3.8, 4) is 0 Å². The van der Waals surface area contributed by atoms with Gasteiger partial charge in [-0.3, -0.25) is 0 Å². The number of ether oxygens (including phenoxy) is 1. The lowest BCUT2D eigenvalue weighted by atomic mass is 10.4. The SMILES string of the molecule is C1COC(N2CCNCC2)=N1.Cl. The zero-order chi connectivity index (χ0) is 7.52. The second-order valence-electron chi connectivity index (χ2n) is 2.75. The maximum atomic E-state index is 5.34. The van der Waals surface area contributed by atoms with E-state index in [1.807, 2.05) is 0 Å². The van der Waals surface area contributed by atoms with E-state index in [0.29, 0.717) is 0 Å². The van der Waals surface area contributed by atoms with Crippen LogP contribution >= 0.6 is 12.4 Å². The summed E-state index contributed by atoms with van der Waals surface area (Å²) in [6, 6.07) is 0.853. The third kappa shape index (κ3) is 2.01. The van der Waals surface area contributed by atoms with Crippen LogP contribution in [0.3, 0.4) is 0 Å². The van der Waals surface area contributed by atoms with Crippen molar-refractivity contribution in [2.45, 2.75) is 0 Å². The van der Waals surface area contributed by atoms with Crippen LogP contribution in [0.2, 0.25) is 0 Å². The Kier molecular flexibility index (Phi) is 3.62. The van der Waals surface area contributed by atoms with Crippen LogP contribution in [-0.4, -0.2) is 50.3 Å². The smallest absolute Gasteiger partial charge is 0.287 e. The van der Waals surface area contributed by atoms with Crippen molar-refractivity contribution in [3.63, 3.8) is 0 Å². The monoisotopic (exact) mass is 191 g/mol. The maximum absolute atomic E-state index is 5.34. The third-order valence-corrected chi connectivity index (χ3v) is 1.96. The highest BCUT2D eigenvalue weighted by atomic mass is 35.5. The Bertz CT molecular complexity index is 168. The first-order valence-corrected chi connectivity index (χ1v) is 4.10. The fourth-order valence-electron chi connectivity index (χ4n) is 1.37. The number of amidine groups is 1. The minimum atomic E-state index is 0. The summed E-state index contributed by atoms with van der Waals surface area (Å²) in [4.78, 5) is 6.45. The van der Waals surface area contributed by atoms with Gasteiger partial charge in [0.05, 0.1) is 6.54 Å². The molecule has 0 aliphatic carbocycles. The minimum Gasteiger partial charge on any atom is -0.463 e. The topological polar surface area (TPSA) is 36.9 Å². The molecule has 1 fully saturated rings. The quantitative estimate of drug-likeness (QED) is 0.571. The van der Waals surface area contributed by atoms with Crippen molar-refractivity contribution in [1.29, 1.82) is 0 Å². The van der Waals surface area contributed by atoms with E-state index in [0.717, 1.165) is 45.4 Å². The summed E-state index contributed by atoms with van der Waals surface area (Å²) in [5.74, 6) is 0. The molecular weight excluding hydrogens is 178 g/mol. The summed E-state index contributed by atoms with van der Waals surface area (Å²) < 4.78 is 5.34. The molecule has 2 aliphatic heterocycles. The Labute approximate surface area is 78.4 Å². The van der Waals surface area contributed by atoms with Crippen LogP contribution in [-0.2, 0) is 4.74 Å². The zero-order valence-corrected chi connectivity index (χ0v) is 7.77. The number of hydrogen-bond donors (Lipinski definition) is 1. The number of piperazine rings is 1. The largest absolute Gasteiger partial charge is 0.463 e. The second-order valence-corrected chi connectivity index (χ2v) is 2.75. The number of halogens is 1. The molecule has 1 saturated heterocycles. The van der Waals surface area contributed by atoms with Crippen LogP contribution in [0.1, 0.15) is 0 Å². The van der Waals surface area contributed by atoms with Gasteiger partial charge in [-0.1, -0.05) is 0 Å². The summed E-state index contributed by atoms with van der Waals surface area (Å²) in [6.45, 7) is 5.74. The molecule has 0 saturated carbocycles. The van der Waals surface area contributed by atoms with Crippen LogP contribution in [0.25, 0.3) is 0 Å². The molecule has 70 valence electrons. The van der Waals surface area contributed by atoms with Crippen LogP contribution in [0.5, 0.6) is 0 Å². The van der Waals surface area contributed by atoms with Gasteiger partial charge in [-0.15, -0.1) is 12.4 Å². The predicted octanol–water partition coefficient (Wildman–Crippen LogP) is -0.300. The molecular formula is C7H14ClN3O. The van der Waals surface area contributed by atoms with Crippen LogP contribution in [0.4, 0.5) is 0 Å². The Morgan fingerprint density at radius 3 is 2.67 bits per heavy atom. The molecule has 4 nitrogen and oxygen atoms in total. The number of nitrogens with zero attached hydrogens (tertiary/aromatic N) is 2. The first kappa shape index (κ1) is 9.61. The summed E-state index contributed by atoms with van der Waals surface area (Å²) in [5, 5.41) is 3.29. The van der Waals surface area contributed by atoms with Crippen molar-refractivity contribution >= 4 is 18.4 Å². The molecule has 0 aromatic heterocycles. The molecule has 0 aromatic carbocycles.